The lowest BCUT2D eigenvalue weighted by Gasteiger charge is -2.23. The summed E-state index contributed by atoms with van der Waals surface area (Å²) in [5.41, 5.74) is 0.605. The van der Waals surface area contributed by atoms with Crippen molar-refractivity contribution in [1.82, 2.24) is 9.80 Å². The molecule has 10 nitrogen and oxygen atoms in total. The number of carbonyl (C=O) groups excluding carboxylic acids is 6. The number of imide groups is 2. The Morgan fingerprint density at radius 2 is 0.872 bits per heavy atom. The van der Waals surface area contributed by atoms with Crippen molar-refractivity contribution in [3.8, 4) is 0 Å². The minimum absolute atomic E-state index is 0.0415. The van der Waals surface area contributed by atoms with Gasteiger partial charge in [-0.05, 0) is 70.7 Å². The molecule has 0 fully saturated rings. The van der Waals surface area contributed by atoms with Crippen LogP contribution >= 0.6 is 23.2 Å². The molecule has 236 valence electrons. The molecule has 4 aromatic carbocycles. The summed E-state index contributed by atoms with van der Waals surface area (Å²) in [7, 11) is -4.42. The molecule has 4 amide bonds. The predicted molar refractivity (Wildman–Crippen MR) is 169 cm³/mol. The Balaban J connectivity index is 1.30. The molecule has 0 unspecified atom stereocenters. The molecule has 0 saturated heterocycles. The lowest BCUT2D eigenvalue weighted by atomic mass is 10.1. The van der Waals surface area contributed by atoms with Crippen molar-refractivity contribution in [3.05, 3.63) is 130 Å². The van der Waals surface area contributed by atoms with E-state index in [9.17, 15) is 37.2 Å². The zero-order valence-corrected chi connectivity index (χ0v) is 26.5. The van der Waals surface area contributed by atoms with Crippen LogP contribution in [0.1, 0.15) is 52.6 Å². The van der Waals surface area contributed by atoms with Gasteiger partial charge in [0.05, 0.1) is 32.0 Å². The van der Waals surface area contributed by atoms with Crippen molar-refractivity contribution >= 4 is 67.2 Å². The molecule has 6 rings (SSSR count). The van der Waals surface area contributed by atoms with Gasteiger partial charge in [0, 0.05) is 12.8 Å². The van der Waals surface area contributed by atoms with E-state index in [4.69, 9.17) is 23.2 Å². The number of carbonyl (C=O) groups is 6. The van der Waals surface area contributed by atoms with Crippen molar-refractivity contribution in [2.24, 2.45) is 0 Å². The first-order chi connectivity index (χ1) is 22.4. The molecule has 0 radical (unpaired) electrons. The highest BCUT2D eigenvalue weighted by molar-refractivity contribution is 7.91. The van der Waals surface area contributed by atoms with Crippen LogP contribution in [0.25, 0.3) is 0 Å². The highest BCUT2D eigenvalue weighted by Gasteiger charge is 2.45. The van der Waals surface area contributed by atoms with Crippen LogP contribution in [-0.2, 0) is 32.3 Å². The number of hydrogen-bond donors (Lipinski definition) is 0. The van der Waals surface area contributed by atoms with E-state index < -0.39 is 56.0 Å². The quantitative estimate of drug-likeness (QED) is 0.176. The number of halogens is 2. The Labute approximate surface area is 278 Å². The number of hydrogen-bond acceptors (Lipinski definition) is 8. The number of sulfone groups is 1. The summed E-state index contributed by atoms with van der Waals surface area (Å²) in [6.45, 7) is 0. The fraction of sp³-hybridized carbons (Fsp3) is 0.118. The first kappa shape index (κ1) is 32.0. The molecule has 2 atom stereocenters. The van der Waals surface area contributed by atoms with Crippen LogP contribution in [-0.4, -0.2) is 64.4 Å². The number of benzene rings is 4. The van der Waals surface area contributed by atoms with Gasteiger partial charge in [0.1, 0.15) is 12.1 Å². The molecule has 4 aromatic rings. The summed E-state index contributed by atoms with van der Waals surface area (Å²) in [4.78, 5) is 78.9. The number of amides is 4. The van der Waals surface area contributed by atoms with E-state index in [0.29, 0.717) is 11.1 Å². The van der Waals surface area contributed by atoms with Crippen molar-refractivity contribution in [1.29, 1.82) is 0 Å². The summed E-state index contributed by atoms with van der Waals surface area (Å²) < 4.78 is 27.5. The second-order valence-electron chi connectivity index (χ2n) is 10.9. The van der Waals surface area contributed by atoms with Crippen LogP contribution in [0.2, 0.25) is 0 Å². The third-order valence-electron chi connectivity index (χ3n) is 8.09. The maximum Gasteiger partial charge on any atom is 0.262 e. The number of rotatable bonds is 10. The van der Waals surface area contributed by atoms with Crippen LogP contribution in [0, 0.1) is 0 Å². The molecule has 2 aliphatic heterocycles. The molecule has 0 saturated carbocycles. The molecule has 2 heterocycles. The zero-order chi connectivity index (χ0) is 33.6. The standard InChI is InChI=1S/C34H22Cl2N2O8S/c35-29(39)27(15-19-7-3-1-4-8-19)37-31(41)23-13-11-21(17-25(23)33(37)43)47(45,46)22-12-14-24-26(18-22)34(44)38(32(24)42)28(30(36)40)16-20-9-5-2-6-10-20/h1-14,17-18,27-28H,15-16H2/t27-,28-/m0/s1. The van der Waals surface area contributed by atoms with E-state index in [1.165, 1.54) is 12.1 Å². The van der Waals surface area contributed by atoms with Crippen LogP contribution < -0.4 is 0 Å². The maximum atomic E-state index is 13.8. The zero-order valence-electron chi connectivity index (χ0n) is 24.1. The van der Waals surface area contributed by atoms with Crippen LogP contribution in [0.15, 0.2) is 107 Å². The van der Waals surface area contributed by atoms with Crippen molar-refractivity contribution in [3.63, 3.8) is 0 Å². The van der Waals surface area contributed by atoms with Crippen LogP contribution in [0.5, 0.6) is 0 Å². The average molecular weight is 690 g/mol. The van der Waals surface area contributed by atoms with Gasteiger partial charge in [0.2, 0.25) is 20.3 Å². The molecule has 0 aromatic heterocycles. The van der Waals surface area contributed by atoms with Crippen molar-refractivity contribution < 1.29 is 37.2 Å². The first-order valence-corrected chi connectivity index (χ1v) is 16.4. The lowest BCUT2D eigenvalue weighted by Crippen LogP contribution is -2.44. The molecule has 0 N–H and O–H groups in total. The third kappa shape index (κ3) is 5.67. The van der Waals surface area contributed by atoms with E-state index in [2.05, 4.69) is 0 Å². The average Bonchev–Trinajstić information content (AvgIpc) is 3.46. The maximum absolute atomic E-state index is 13.8. The molecule has 2 aliphatic rings. The highest BCUT2D eigenvalue weighted by atomic mass is 35.5. The Morgan fingerprint density at radius 1 is 0.532 bits per heavy atom. The van der Waals surface area contributed by atoms with E-state index in [-0.39, 0.29) is 44.9 Å². The molecule has 0 aliphatic carbocycles. The van der Waals surface area contributed by atoms with Gasteiger partial charge in [-0.1, -0.05) is 60.7 Å². The van der Waals surface area contributed by atoms with Gasteiger partial charge in [-0.2, -0.15) is 0 Å². The second kappa shape index (κ2) is 12.3. The topological polar surface area (TPSA) is 143 Å². The van der Waals surface area contributed by atoms with Crippen LogP contribution in [0.3, 0.4) is 0 Å². The molecular weight excluding hydrogens is 667 g/mol. The monoisotopic (exact) mass is 688 g/mol. The van der Waals surface area contributed by atoms with E-state index >= 15 is 0 Å². The Hall–Kier alpha value is -4.97. The van der Waals surface area contributed by atoms with Gasteiger partial charge >= 0.3 is 0 Å². The fourth-order valence-electron chi connectivity index (χ4n) is 5.73. The van der Waals surface area contributed by atoms with Crippen molar-refractivity contribution in [2.75, 3.05) is 0 Å². The van der Waals surface area contributed by atoms with E-state index in [1.54, 1.807) is 60.7 Å². The van der Waals surface area contributed by atoms with Gasteiger partial charge in [0.15, 0.2) is 0 Å². The summed E-state index contributed by atoms with van der Waals surface area (Å²) in [6.07, 6.45) is -0.0829. The summed E-state index contributed by atoms with van der Waals surface area (Å²) in [6, 6.07) is 21.3. The van der Waals surface area contributed by atoms with Gasteiger partial charge in [-0.15, -0.1) is 0 Å². The SMILES string of the molecule is O=C(Cl)[C@H](Cc1ccccc1)N1C(=O)c2ccc(S(=O)(=O)c3ccc4c(c3)C(=O)N([C@@H](Cc3ccccc3)C(=O)Cl)C4=O)cc2C1=O. The highest BCUT2D eigenvalue weighted by Crippen LogP contribution is 2.34. The van der Waals surface area contributed by atoms with Crippen molar-refractivity contribution in [2.45, 2.75) is 34.7 Å². The van der Waals surface area contributed by atoms with Gasteiger partial charge in [-0.25, -0.2) is 8.42 Å². The normalized spacial score (nSPS) is 15.4. The summed E-state index contributed by atoms with van der Waals surface area (Å²) >= 11 is 11.7. The van der Waals surface area contributed by atoms with Gasteiger partial charge in [-0.3, -0.25) is 38.6 Å². The fourth-order valence-corrected chi connectivity index (χ4v) is 7.40. The Kier molecular flexibility index (Phi) is 8.39. The number of fused-ring (bicyclic) bond motifs is 2. The van der Waals surface area contributed by atoms with Gasteiger partial charge in [0.25, 0.3) is 23.6 Å². The molecule has 13 heteroatoms. The minimum Gasteiger partial charge on any atom is -0.279 e. The summed E-state index contributed by atoms with van der Waals surface area (Å²) in [5, 5.41) is -1.88. The third-order valence-corrected chi connectivity index (χ3v) is 10.3. The summed E-state index contributed by atoms with van der Waals surface area (Å²) in [5.74, 6) is -3.39. The predicted octanol–water partition coefficient (Wildman–Crippen LogP) is 4.46. The molecule has 0 bridgehead atoms. The molecule has 47 heavy (non-hydrogen) atoms. The van der Waals surface area contributed by atoms with E-state index in [1.807, 2.05) is 0 Å². The number of nitrogens with zero attached hydrogens (tertiary/aromatic N) is 2. The van der Waals surface area contributed by atoms with Crippen LogP contribution in [0.4, 0.5) is 0 Å². The molecular formula is C34H22Cl2N2O8S. The Morgan fingerprint density at radius 3 is 1.21 bits per heavy atom. The second-order valence-corrected chi connectivity index (χ2v) is 13.6. The lowest BCUT2D eigenvalue weighted by molar-refractivity contribution is -0.115. The Bertz CT molecular complexity index is 1980. The minimum atomic E-state index is -4.42. The molecule has 0 spiro atoms. The smallest absolute Gasteiger partial charge is 0.262 e. The van der Waals surface area contributed by atoms with E-state index in [0.717, 1.165) is 34.1 Å². The van der Waals surface area contributed by atoms with Gasteiger partial charge < -0.3 is 0 Å². The first-order valence-electron chi connectivity index (χ1n) is 14.2. The largest absolute Gasteiger partial charge is 0.279 e.